The van der Waals surface area contributed by atoms with Crippen molar-refractivity contribution in [1.82, 2.24) is 4.90 Å². The van der Waals surface area contributed by atoms with E-state index in [-0.39, 0.29) is 41.4 Å². The molecule has 4 aromatic rings. The number of anilines is 1. The summed E-state index contributed by atoms with van der Waals surface area (Å²) in [5.41, 5.74) is 13.9. The monoisotopic (exact) mass is 686 g/mol. The normalized spacial score (nSPS) is 25.2. The molecule has 0 saturated heterocycles. The maximum atomic E-state index is 14.3. The lowest BCUT2D eigenvalue weighted by atomic mass is 9.55. The second kappa shape index (κ2) is 9.92. The van der Waals surface area contributed by atoms with E-state index in [1.807, 2.05) is 54.6 Å². The van der Waals surface area contributed by atoms with Crippen LogP contribution in [-0.4, -0.2) is 28.5 Å². The topological polar surface area (TPSA) is 74.8 Å². The second-order valence-corrected chi connectivity index (χ2v) is 15.3. The summed E-state index contributed by atoms with van der Waals surface area (Å²) in [5, 5.41) is 1.69. The van der Waals surface area contributed by atoms with Gasteiger partial charge in [-0.05, 0) is 116 Å². The Kier molecular flexibility index (Phi) is 5.47. The minimum absolute atomic E-state index is 0.0273. The molecule has 0 fully saturated rings. The highest BCUT2D eigenvalue weighted by molar-refractivity contribution is 6.37. The number of imide groups is 2. The Balaban J connectivity index is 1.06. The van der Waals surface area contributed by atoms with Crippen LogP contribution in [0.25, 0.3) is 33.1 Å². The number of rotatable bonds is 2. The van der Waals surface area contributed by atoms with E-state index >= 15 is 0 Å². The number of nitrogens with zero attached hydrogens (tertiary/aromatic N) is 2. The van der Waals surface area contributed by atoms with Crippen LogP contribution in [0.2, 0.25) is 0 Å². The van der Waals surface area contributed by atoms with E-state index in [0.29, 0.717) is 28.1 Å². The first-order chi connectivity index (χ1) is 25.9. The van der Waals surface area contributed by atoms with E-state index in [0.717, 1.165) is 57.0 Å². The number of para-hydroxylation sites is 1. The molecule has 4 aromatic carbocycles. The van der Waals surface area contributed by atoms with Crippen molar-refractivity contribution in [2.75, 3.05) is 4.90 Å². The van der Waals surface area contributed by atoms with Crippen molar-refractivity contribution >= 4 is 62.4 Å². The number of fused-ring (bicyclic) bond motifs is 4. The van der Waals surface area contributed by atoms with E-state index < -0.39 is 5.92 Å². The Morgan fingerprint density at radius 2 is 1.13 bits per heavy atom. The van der Waals surface area contributed by atoms with Gasteiger partial charge in [0.1, 0.15) is 0 Å². The van der Waals surface area contributed by atoms with Crippen LogP contribution in [0, 0.1) is 17.8 Å². The lowest BCUT2D eigenvalue weighted by Crippen LogP contribution is -2.47. The van der Waals surface area contributed by atoms with Crippen LogP contribution in [-0.2, 0) is 4.79 Å². The van der Waals surface area contributed by atoms with Crippen LogP contribution in [0.3, 0.4) is 0 Å². The molecule has 53 heavy (non-hydrogen) atoms. The summed E-state index contributed by atoms with van der Waals surface area (Å²) >= 11 is 0. The summed E-state index contributed by atoms with van der Waals surface area (Å²) in [6.07, 6.45) is 18.8. The molecule has 6 heteroatoms. The van der Waals surface area contributed by atoms with Crippen LogP contribution in [0.4, 0.5) is 5.69 Å². The standard InChI is InChI=1S/C47H30N2O4/c1-23-22-36-32-15-14-27-30-17-20-34-42-33(44(50)48(45(34)51)24-8-4-2-5-9-24)19-16-29(39(30)42)26-12-13-28(40(32)38(26)27)31-18-21-35-43(41(31)36)37(23)47(53)49(46(35)52)25-10-6-3-7-11-25/h2,4-6,8-23,37-38,40H,3,7H2,1H3. The van der Waals surface area contributed by atoms with E-state index in [2.05, 4.69) is 55.5 Å². The van der Waals surface area contributed by atoms with Crippen molar-refractivity contribution in [2.45, 2.75) is 25.7 Å². The highest BCUT2D eigenvalue weighted by Crippen LogP contribution is 2.64. The summed E-state index contributed by atoms with van der Waals surface area (Å²) in [4.78, 5) is 59.2. The average Bonchev–Trinajstić information content (AvgIpc) is 3.18. The fourth-order valence-corrected chi connectivity index (χ4v) is 10.7. The summed E-state index contributed by atoms with van der Waals surface area (Å²) in [6, 6.07) is 21.1. The predicted molar refractivity (Wildman–Crippen MR) is 204 cm³/mol. The van der Waals surface area contributed by atoms with Gasteiger partial charge in [-0.3, -0.25) is 19.2 Å². The Bertz CT molecular complexity index is 2760. The largest absolute Gasteiger partial charge is 0.273 e. The molecule has 0 bridgehead atoms. The summed E-state index contributed by atoms with van der Waals surface area (Å²) in [7, 11) is 0. The molecule has 0 radical (unpaired) electrons. The van der Waals surface area contributed by atoms with Crippen LogP contribution in [0.1, 0.15) is 84.6 Å². The van der Waals surface area contributed by atoms with Crippen molar-refractivity contribution in [3.8, 4) is 0 Å². The van der Waals surface area contributed by atoms with E-state index in [9.17, 15) is 19.2 Å². The number of benzene rings is 4. The molecule has 0 saturated carbocycles. The smallest absolute Gasteiger partial charge is 0.265 e. The van der Waals surface area contributed by atoms with Crippen LogP contribution in [0.5, 0.6) is 0 Å². The summed E-state index contributed by atoms with van der Waals surface area (Å²) < 4.78 is 0. The van der Waals surface area contributed by atoms with Gasteiger partial charge in [0.25, 0.3) is 17.7 Å². The van der Waals surface area contributed by atoms with Crippen LogP contribution < -0.4 is 4.90 Å². The molecule has 4 unspecified atom stereocenters. The third-order valence-electron chi connectivity index (χ3n) is 12.8. The number of carbonyl (C=O) groups is 4. The highest BCUT2D eigenvalue weighted by atomic mass is 16.2. The quantitative estimate of drug-likeness (QED) is 0.197. The maximum Gasteiger partial charge on any atom is 0.265 e. The number of hydrogen-bond donors (Lipinski definition) is 0. The molecular weight excluding hydrogens is 657 g/mol. The average molecular weight is 687 g/mol. The molecule has 4 amide bonds. The van der Waals surface area contributed by atoms with Gasteiger partial charge in [-0.25, -0.2) is 9.80 Å². The molecule has 4 atom stereocenters. The molecule has 2 aliphatic heterocycles. The number of amides is 4. The zero-order valence-electron chi connectivity index (χ0n) is 28.7. The lowest BCUT2D eigenvalue weighted by Gasteiger charge is -2.49. The molecule has 0 aromatic heterocycles. The summed E-state index contributed by atoms with van der Waals surface area (Å²) in [6.45, 7) is 2.11. The molecule has 8 aliphatic rings. The third-order valence-corrected chi connectivity index (χ3v) is 12.8. The first kappa shape index (κ1) is 29.2. The second-order valence-electron chi connectivity index (χ2n) is 15.3. The van der Waals surface area contributed by atoms with Gasteiger partial charge in [-0.1, -0.05) is 85.9 Å². The zero-order valence-corrected chi connectivity index (χ0v) is 28.7. The molecule has 2 heterocycles. The van der Waals surface area contributed by atoms with Gasteiger partial charge < -0.3 is 0 Å². The first-order valence-electron chi connectivity index (χ1n) is 18.4. The fraction of sp³-hybridized carbons (Fsp3) is 0.149. The Hall–Kier alpha value is -6.40. The molecular formula is C47H30N2O4. The van der Waals surface area contributed by atoms with Crippen molar-refractivity contribution in [2.24, 2.45) is 17.8 Å². The summed E-state index contributed by atoms with van der Waals surface area (Å²) in [5.74, 6) is -1.50. The molecule has 0 spiro atoms. The predicted octanol–water partition coefficient (Wildman–Crippen LogP) is 9.04. The zero-order chi connectivity index (χ0) is 35.4. The SMILES string of the molecule is CC1C=C2C3=CC=C4c5ccc6c7c(ccc(c57)C5=CC=C(c7ccc8c(c72)C1C(=O)N(C1=CCCC=C1)C8=O)C3C45)C(=O)N(c1ccccc1)C6=O. The first-order valence-corrected chi connectivity index (χ1v) is 18.4. The van der Waals surface area contributed by atoms with E-state index in [1.54, 1.807) is 12.1 Å². The Labute approximate surface area is 305 Å². The minimum Gasteiger partial charge on any atom is -0.273 e. The van der Waals surface area contributed by atoms with Crippen molar-refractivity contribution < 1.29 is 19.2 Å². The van der Waals surface area contributed by atoms with Gasteiger partial charge in [0.05, 0.1) is 11.6 Å². The van der Waals surface area contributed by atoms with Gasteiger partial charge in [-0.15, -0.1) is 0 Å². The van der Waals surface area contributed by atoms with Crippen molar-refractivity contribution in [3.05, 3.63) is 171 Å². The minimum atomic E-state index is -0.441. The maximum absolute atomic E-state index is 14.3. The van der Waals surface area contributed by atoms with Crippen molar-refractivity contribution in [3.63, 3.8) is 0 Å². The molecule has 12 rings (SSSR count). The van der Waals surface area contributed by atoms with Gasteiger partial charge in [0.15, 0.2) is 0 Å². The number of carbonyl (C=O) groups excluding carboxylic acids is 4. The van der Waals surface area contributed by atoms with Crippen LogP contribution in [0.15, 0.2) is 127 Å². The van der Waals surface area contributed by atoms with E-state index in [1.165, 1.54) is 32.1 Å². The fourth-order valence-electron chi connectivity index (χ4n) is 10.7. The molecule has 6 nitrogen and oxygen atoms in total. The van der Waals surface area contributed by atoms with Gasteiger partial charge in [0.2, 0.25) is 5.91 Å². The third kappa shape index (κ3) is 3.45. The van der Waals surface area contributed by atoms with Gasteiger partial charge in [-0.2, -0.15) is 0 Å². The number of hydrogen-bond acceptors (Lipinski definition) is 4. The lowest BCUT2D eigenvalue weighted by molar-refractivity contribution is -0.129. The molecule has 6 aliphatic carbocycles. The Morgan fingerprint density at radius 3 is 1.81 bits per heavy atom. The molecule has 0 N–H and O–H groups in total. The van der Waals surface area contributed by atoms with Crippen LogP contribution >= 0.6 is 0 Å². The van der Waals surface area contributed by atoms with E-state index in [4.69, 9.17) is 0 Å². The highest BCUT2D eigenvalue weighted by Gasteiger charge is 2.52. The Morgan fingerprint density at radius 1 is 0.566 bits per heavy atom. The van der Waals surface area contributed by atoms with Crippen molar-refractivity contribution in [1.29, 1.82) is 0 Å². The molecule has 252 valence electrons. The van der Waals surface area contributed by atoms with Gasteiger partial charge >= 0.3 is 0 Å². The van der Waals surface area contributed by atoms with Gasteiger partial charge in [0, 0.05) is 39.6 Å². The number of allylic oxidation sites excluding steroid dienone is 13.